The first-order chi connectivity index (χ1) is 5.47. The van der Waals surface area contributed by atoms with Crippen LogP contribution in [0.15, 0.2) is 17.2 Å². The summed E-state index contributed by atoms with van der Waals surface area (Å²) in [6.07, 6.45) is 15.2. The third-order valence-corrected chi connectivity index (χ3v) is 2.62. The second-order valence-corrected chi connectivity index (χ2v) is 3.48. The van der Waals surface area contributed by atoms with E-state index in [1.54, 1.807) is 11.1 Å². The van der Waals surface area contributed by atoms with E-state index in [4.69, 9.17) is 0 Å². The van der Waals surface area contributed by atoms with E-state index in [9.17, 15) is 0 Å². The van der Waals surface area contributed by atoms with Gasteiger partial charge < -0.3 is 0 Å². The maximum Gasteiger partial charge on any atom is -0.0270 e. The molecular formula is C11H15. The van der Waals surface area contributed by atoms with E-state index >= 15 is 0 Å². The van der Waals surface area contributed by atoms with Crippen LogP contribution in [0.25, 0.3) is 0 Å². The fourth-order valence-electron chi connectivity index (χ4n) is 1.98. The number of hydrogen-bond acceptors (Lipinski definition) is 0. The van der Waals surface area contributed by atoms with Gasteiger partial charge in [-0.05, 0) is 62.2 Å². The molecule has 0 N–H and O–H groups in total. The van der Waals surface area contributed by atoms with Gasteiger partial charge in [-0.15, -0.1) is 0 Å². The van der Waals surface area contributed by atoms with Gasteiger partial charge >= 0.3 is 0 Å². The molecule has 0 nitrogen and oxygen atoms in total. The fraction of sp³-hybridized carbons (Fsp3) is 0.636. The zero-order valence-corrected chi connectivity index (χ0v) is 7.03. The van der Waals surface area contributed by atoms with Crippen LogP contribution in [0, 0.1) is 6.08 Å². The second kappa shape index (κ2) is 3.25. The smallest absolute Gasteiger partial charge is 0.0270 e. The van der Waals surface area contributed by atoms with Crippen LogP contribution in [0.4, 0.5) is 0 Å². The zero-order chi connectivity index (χ0) is 7.52. The van der Waals surface area contributed by atoms with Crippen LogP contribution in [0.5, 0.6) is 0 Å². The van der Waals surface area contributed by atoms with Crippen LogP contribution >= 0.6 is 0 Å². The van der Waals surface area contributed by atoms with Crippen molar-refractivity contribution < 1.29 is 0 Å². The number of allylic oxidation sites excluding steroid dienone is 4. The van der Waals surface area contributed by atoms with E-state index < -0.39 is 0 Å². The monoisotopic (exact) mass is 147 g/mol. The highest BCUT2D eigenvalue weighted by molar-refractivity contribution is 5.31. The van der Waals surface area contributed by atoms with Gasteiger partial charge in [0, 0.05) is 0 Å². The molecule has 1 radical (unpaired) electrons. The average molecular weight is 147 g/mol. The van der Waals surface area contributed by atoms with Crippen molar-refractivity contribution in [1.82, 2.24) is 0 Å². The Morgan fingerprint density at radius 1 is 1.09 bits per heavy atom. The Balaban J connectivity index is 2.07. The molecule has 0 saturated heterocycles. The molecule has 0 amide bonds. The highest BCUT2D eigenvalue weighted by Gasteiger charge is 2.11. The summed E-state index contributed by atoms with van der Waals surface area (Å²) >= 11 is 0. The van der Waals surface area contributed by atoms with Gasteiger partial charge in [0.05, 0.1) is 0 Å². The molecule has 0 saturated carbocycles. The highest BCUT2D eigenvalue weighted by atomic mass is 14.2. The van der Waals surface area contributed by atoms with Crippen LogP contribution in [0.2, 0.25) is 0 Å². The Bertz CT molecular complexity index is 196. The molecule has 0 spiro atoms. The maximum absolute atomic E-state index is 3.47. The first-order valence-corrected chi connectivity index (χ1v) is 4.76. The molecule has 0 unspecified atom stereocenters. The van der Waals surface area contributed by atoms with E-state index in [-0.39, 0.29) is 0 Å². The first-order valence-electron chi connectivity index (χ1n) is 4.76. The first kappa shape index (κ1) is 7.15. The molecule has 0 bridgehead atoms. The lowest BCUT2D eigenvalue weighted by Crippen LogP contribution is -1.93. The molecule has 0 heterocycles. The minimum Gasteiger partial charge on any atom is -0.0810 e. The molecule has 2 aliphatic carbocycles. The SMILES string of the molecule is [C]1=C(C2=CCCCC2)CCC1. The van der Waals surface area contributed by atoms with Gasteiger partial charge in [0.15, 0.2) is 0 Å². The molecule has 0 heteroatoms. The molecule has 0 aliphatic heterocycles. The summed E-state index contributed by atoms with van der Waals surface area (Å²) < 4.78 is 0. The number of rotatable bonds is 1. The maximum atomic E-state index is 3.47. The van der Waals surface area contributed by atoms with Gasteiger partial charge in [-0.3, -0.25) is 0 Å². The fourth-order valence-corrected chi connectivity index (χ4v) is 1.98. The minimum atomic E-state index is 1.20. The van der Waals surface area contributed by atoms with Crippen LogP contribution in [-0.4, -0.2) is 0 Å². The summed E-state index contributed by atoms with van der Waals surface area (Å²) in [7, 11) is 0. The lowest BCUT2D eigenvalue weighted by molar-refractivity contribution is 0.701. The average Bonchev–Trinajstić information content (AvgIpc) is 2.58. The molecule has 11 heavy (non-hydrogen) atoms. The number of hydrogen-bond donors (Lipinski definition) is 0. The molecule has 59 valence electrons. The van der Waals surface area contributed by atoms with E-state index in [1.807, 2.05) is 0 Å². The van der Waals surface area contributed by atoms with Crippen LogP contribution in [-0.2, 0) is 0 Å². The van der Waals surface area contributed by atoms with Gasteiger partial charge in [-0.1, -0.05) is 6.08 Å². The summed E-state index contributed by atoms with van der Waals surface area (Å²) in [5.41, 5.74) is 3.17. The van der Waals surface area contributed by atoms with Crippen molar-refractivity contribution in [3.63, 3.8) is 0 Å². The Hall–Kier alpha value is -0.520. The molecule has 2 aliphatic rings. The molecule has 0 aromatic carbocycles. The molecule has 0 fully saturated rings. The van der Waals surface area contributed by atoms with Gasteiger partial charge in [-0.2, -0.15) is 0 Å². The highest BCUT2D eigenvalue weighted by Crippen LogP contribution is 2.30. The lowest BCUT2D eigenvalue weighted by Gasteiger charge is -2.12. The van der Waals surface area contributed by atoms with Crippen molar-refractivity contribution in [3.8, 4) is 0 Å². The van der Waals surface area contributed by atoms with E-state index in [0.717, 1.165) is 0 Å². The lowest BCUT2D eigenvalue weighted by atomic mass is 9.93. The summed E-state index contributed by atoms with van der Waals surface area (Å²) in [4.78, 5) is 0. The standard InChI is InChI=1S/C11H15/c1-2-6-10(7-3-1)11-8-4-5-9-11/h6H,1-5,7-8H2. The van der Waals surface area contributed by atoms with Crippen molar-refractivity contribution in [2.45, 2.75) is 44.9 Å². The Labute approximate surface area is 69.0 Å². The molecule has 0 atom stereocenters. The van der Waals surface area contributed by atoms with E-state index in [0.29, 0.717) is 0 Å². The van der Waals surface area contributed by atoms with Crippen LogP contribution in [0.1, 0.15) is 44.9 Å². The Morgan fingerprint density at radius 2 is 2.09 bits per heavy atom. The van der Waals surface area contributed by atoms with Gasteiger partial charge in [0.2, 0.25) is 0 Å². The van der Waals surface area contributed by atoms with Crippen LogP contribution < -0.4 is 0 Å². The largest absolute Gasteiger partial charge is 0.0810 e. The van der Waals surface area contributed by atoms with Gasteiger partial charge in [-0.25, -0.2) is 0 Å². The topological polar surface area (TPSA) is 0 Å². The summed E-state index contributed by atoms with van der Waals surface area (Å²) in [6.45, 7) is 0. The minimum absolute atomic E-state index is 1.20. The molecule has 0 aromatic rings. The second-order valence-electron chi connectivity index (χ2n) is 3.48. The van der Waals surface area contributed by atoms with Crippen molar-refractivity contribution in [3.05, 3.63) is 23.3 Å². The van der Waals surface area contributed by atoms with E-state index in [1.165, 1.54) is 44.9 Å². The van der Waals surface area contributed by atoms with E-state index in [2.05, 4.69) is 12.2 Å². The zero-order valence-electron chi connectivity index (χ0n) is 7.03. The molecular weight excluding hydrogens is 132 g/mol. The summed E-state index contributed by atoms with van der Waals surface area (Å²) in [5, 5.41) is 0. The van der Waals surface area contributed by atoms with Crippen molar-refractivity contribution in [2.24, 2.45) is 0 Å². The summed E-state index contributed by atoms with van der Waals surface area (Å²) in [5.74, 6) is 0. The molecule has 2 rings (SSSR count). The van der Waals surface area contributed by atoms with Crippen molar-refractivity contribution in [2.75, 3.05) is 0 Å². The quantitative estimate of drug-likeness (QED) is 0.533. The predicted molar refractivity (Wildman–Crippen MR) is 47.2 cm³/mol. The van der Waals surface area contributed by atoms with Crippen LogP contribution in [0.3, 0.4) is 0 Å². The Morgan fingerprint density at radius 3 is 2.73 bits per heavy atom. The predicted octanol–water partition coefficient (Wildman–Crippen LogP) is 3.40. The molecule has 0 aromatic heterocycles. The van der Waals surface area contributed by atoms with Gasteiger partial charge in [0.25, 0.3) is 0 Å². The normalized spacial score (nSPS) is 24.7. The third-order valence-electron chi connectivity index (χ3n) is 2.62. The van der Waals surface area contributed by atoms with Gasteiger partial charge in [0.1, 0.15) is 0 Å². The Kier molecular flexibility index (Phi) is 2.11. The van der Waals surface area contributed by atoms with Crippen molar-refractivity contribution in [1.29, 1.82) is 0 Å². The van der Waals surface area contributed by atoms with Crippen molar-refractivity contribution >= 4 is 0 Å². The summed E-state index contributed by atoms with van der Waals surface area (Å²) in [6, 6.07) is 0. The third kappa shape index (κ3) is 1.55.